The molecule has 21 heavy (non-hydrogen) atoms. The van der Waals surface area contributed by atoms with Crippen molar-refractivity contribution in [1.29, 1.82) is 0 Å². The Labute approximate surface area is 126 Å². The molecule has 2 aromatic rings. The smallest absolute Gasteiger partial charge is 0.0491 e. The summed E-state index contributed by atoms with van der Waals surface area (Å²) in [6.45, 7) is 4.13. The first-order valence-corrected chi connectivity index (χ1v) is 7.74. The van der Waals surface area contributed by atoms with Crippen molar-refractivity contribution >= 4 is 16.5 Å². The summed E-state index contributed by atoms with van der Waals surface area (Å²) in [6.07, 6.45) is 2.45. The third-order valence-corrected chi connectivity index (χ3v) is 4.51. The minimum atomic E-state index is 0.722. The molecule has 0 unspecified atom stereocenters. The van der Waals surface area contributed by atoms with Crippen molar-refractivity contribution < 1.29 is 4.74 Å². The van der Waals surface area contributed by atoms with Crippen LogP contribution in [0.5, 0.6) is 0 Å². The number of hydrogen-bond acceptors (Lipinski definition) is 3. The van der Waals surface area contributed by atoms with Crippen molar-refractivity contribution in [3.8, 4) is 0 Å². The number of anilines is 1. The number of likely N-dealkylation sites (tertiary alicyclic amines) is 1. The Hall–Kier alpha value is -1.58. The number of nitrogens with two attached hydrogens (primary N) is 1. The molecule has 0 atom stereocenters. The molecule has 2 N–H and O–H groups in total. The van der Waals surface area contributed by atoms with Crippen molar-refractivity contribution in [2.45, 2.75) is 19.4 Å². The van der Waals surface area contributed by atoms with Gasteiger partial charge < -0.3 is 10.5 Å². The molecule has 3 rings (SSSR count). The summed E-state index contributed by atoms with van der Waals surface area (Å²) in [5, 5.41) is 2.49. The Kier molecular flexibility index (Phi) is 4.42. The highest BCUT2D eigenvalue weighted by Gasteiger charge is 2.19. The Balaban J connectivity index is 1.69. The van der Waals surface area contributed by atoms with Gasteiger partial charge in [0.05, 0.1) is 0 Å². The van der Waals surface area contributed by atoms with E-state index in [9.17, 15) is 0 Å². The Morgan fingerprint density at radius 3 is 2.48 bits per heavy atom. The van der Waals surface area contributed by atoms with Crippen LogP contribution in [0.3, 0.4) is 0 Å². The molecule has 1 aliphatic heterocycles. The lowest BCUT2D eigenvalue weighted by atomic mass is 9.97. The monoisotopic (exact) mass is 284 g/mol. The van der Waals surface area contributed by atoms with E-state index in [0.717, 1.165) is 37.8 Å². The van der Waals surface area contributed by atoms with Gasteiger partial charge in [0.25, 0.3) is 0 Å². The van der Waals surface area contributed by atoms with Gasteiger partial charge in [-0.2, -0.15) is 0 Å². The van der Waals surface area contributed by atoms with Crippen LogP contribution in [0, 0.1) is 5.92 Å². The summed E-state index contributed by atoms with van der Waals surface area (Å²) in [5.41, 5.74) is 8.39. The van der Waals surface area contributed by atoms with Gasteiger partial charge in [-0.15, -0.1) is 0 Å². The zero-order valence-electron chi connectivity index (χ0n) is 12.7. The molecular formula is C18H24N2O. The molecule has 0 radical (unpaired) electrons. The highest BCUT2D eigenvalue weighted by atomic mass is 16.5. The predicted molar refractivity (Wildman–Crippen MR) is 88.2 cm³/mol. The summed E-state index contributed by atoms with van der Waals surface area (Å²) in [4.78, 5) is 2.51. The van der Waals surface area contributed by atoms with Crippen molar-refractivity contribution in [2.24, 2.45) is 5.92 Å². The maximum Gasteiger partial charge on any atom is 0.0491 e. The van der Waals surface area contributed by atoms with Crippen LogP contribution >= 0.6 is 0 Å². The predicted octanol–water partition coefficient (Wildman–Crippen LogP) is 3.28. The van der Waals surface area contributed by atoms with Crippen molar-refractivity contribution in [3.05, 3.63) is 42.0 Å². The van der Waals surface area contributed by atoms with E-state index in [1.54, 1.807) is 7.11 Å². The molecule has 0 bridgehead atoms. The molecule has 0 saturated carbocycles. The topological polar surface area (TPSA) is 38.5 Å². The first kappa shape index (κ1) is 14.4. The van der Waals surface area contributed by atoms with Crippen molar-refractivity contribution in [1.82, 2.24) is 4.90 Å². The fourth-order valence-electron chi connectivity index (χ4n) is 3.23. The zero-order valence-corrected chi connectivity index (χ0v) is 12.7. The molecule has 2 aromatic carbocycles. The van der Waals surface area contributed by atoms with Crippen LogP contribution in [0.1, 0.15) is 18.4 Å². The fourth-order valence-corrected chi connectivity index (χ4v) is 3.23. The molecule has 1 fully saturated rings. The average Bonchev–Trinajstić information content (AvgIpc) is 2.50. The van der Waals surface area contributed by atoms with Crippen LogP contribution in [0.25, 0.3) is 10.8 Å². The molecule has 0 amide bonds. The number of rotatable bonds is 4. The van der Waals surface area contributed by atoms with E-state index in [0.29, 0.717) is 0 Å². The zero-order chi connectivity index (χ0) is 14.7. The number of fused-ring (bicyclic) bond motifs is 1. The molecule has 0 spiro atoms. The van der Waals surface area contributed by atoms with E-state index in [2.05, 4.69) is 41.3 Å². The van der Waals surface area contributed by atoms with E-state index in [-0.39, 0.29) is 0 Å². The number of nitrogens with zero attached hydrogens (tertiary/aromatic N) is 1. The Morgan fingerprint density at radius 1 is 1.14 bits per heavy atom. The van der Waals surface area contributed by atoms with Gasteiger partial charge in [0.1, 0.15) is 0 Å². The number of benzene rings is 2. The van der Waals surface area contributed by atoms with E-state index in [4.69, 9.17) is 10.5 Å². The van der Waals surface area contributed by atoms with Gasteiger partial charge in [0, 0.05) is 25.9 Å². The second kappa shape index (κ2) is 6.46. The molecule has 0 aromatic heterocycles. The summed E-state index contributed by atoms with van der Waals surface area (Å²) >= 11 is 0. The van der Waals surface area contributed by atoms with Gasteiger partial charge in [-0.3, -0.25) is 4.90 Å². The number of ether oxygens (including phenoxy) is 1. The summed E-state index contributed by atoms with van der Waals surface area (Å²) in [6, 6.07) is 12.8. The molecule has 3 heteroatoms. The van der Waals surface area contributed by atoms with Crippen LogP contribution < -0.4 is 5.73 Å². The molecule has 3 nitrogen and oxygen atoms in total. The van der Waals surface area contributed by atoms with E-state index in [1.807, 2.05) is 0 Å². The van der Waals surface area contributed by atoms with Gasteiger partial charge in [-0.1, -0.05) is 24.3 Å². The fraction of sp³-hybridized carbons (Fsp3) is 0.444. The minimum Gasteiger partial charge on any atom is -0.398 e. The maximum atomic E-state index is 6.23. The van der Waals surface area contributed by atoms with E-state index < -0.39 is 0 Å². The lowest BCUT2D eigenvalue weighted by Crippen LogP contribution is -2.34. The van der Waals surface area contributed by atoms with E-state index in [1.165, 1.54) is 29.2 Å². The SMILES string of the molecule is COCC1CCN(Cc2cc3ccccc3cc2N)CC1. The highest BCUT2D eigenvalue weighted by molar-refractivity contribution is 5.86. The molecular weight excluding hydrogens is 260 g/mol. The molecule has 1 saturated heterocycles. The normalized spacial score (nSPS) is 17.4. The quantitative estimate of drug-likeness (QED) is 0.876. The molecule has 0 aliphatic carbocycles. The van der Waals surface area contributed by atoms with Gasteiger partial charge in [0.2, 0.25) is 0 Å². The molecule has 1 heterocycles. The third kappa shape index (κ3) is 3.36. The summed E-state index contributed by atoms with van der Waals surface area (Å²) < 4.78 is 5.26. The van der Waals surface area contributed by atoms with Crippen LogP contribution in [0.15, 0.2) is 36.4 Å². The number of piperidine rings is 1. The third-order valence-electron chi connectivity index (χ3n) is 4.51. The second-order valence-corrected chi connectivity index (χ2v) is 6.07. The number of nitrogen functional groups attached to an aromatic ring is 1. The van der Waals surface area contributed by atoms with Crippen molar-refractivity contribution in [2.75, 3.05) is 32.5 Å². The maximum absolute atomic E-state index is 6.23. The lowest BCUT2D eigenvalue weighted by molar-refractivity contribution is 0.0969. The van der Waals surface area contributed by atoms with Crippen LogP contribution in [0.4, 0.5) is 5.69 Å². The second-order valence-electron chi connectivity index (χ2n) is 6.07. The lowest BCUT2D eigenvalue weighted by Gasteiger charge is -2.31. The standard InChI is InChI=1S/C18H24N2O/c1-21-13-14-6-8-20(9-7-14)12-17-10-15-4-2-3-5-16(15)11-18(17)19/h2-5,10-11,14H,6-9,12-13,19H2,1H3. The highest BCUT2D eigenvalue weighted by Crippen LogP contribution is 2.25. The largest absolute Gasteiger partial charge is 0.398 e. The average molecular weight is 284 g/mol. The van der Waals surface area contributed by atoms with Gasteiger partial charge in [0.15, 0.2) is 0 Å². The first-order valence-electron chi connectivity index (χ1n) is 7.74. The first-order chi connectivity index (χ1) is 10.3. The van der Waals surface area contributed by atoms with Gasteiger partial charge in [-0.05, 0) is 60.3 Å². The number of hydrogen-bond donors (Lipinski definition) is 1. The van der Waals surface area contributed by atoms with Crippen molar-refractivity contribution in [3.63, 3.8) is 0 Å². The van der Waals surface area contributed by atoms with E-state index >= 15 is 0 Å². The molecule has 1 aliphatic rings. The summed E-state index contributed by atoms with van der Waals surface area (Å²) in [7, 11) is 1.79. The van der Waals surface area contributed by atoms with Crippen LogP contribution in [-0.4, -0.2) is 31.7 Å². The van der Waals surface area contributed by atoms with Gasteiger partial charge in [-0.25, -0.2) is 0 Å². The number of methoxy groups -OCH3 is 1. The van der Waals surface area contributed by atoms with Gasteiger partial charge >= 0.3 is 0 Å². The van der Waals surface area contributed by atoms with Crippen LogP contribution in [-0.2, 0) is 11.3 Å². The molecule has 112 valence electrons. The Morgan fingerprint density at radius 2 is 1.81 bits per heavy atom. The summed E-state index contributed by atoms with van der Waals surface area (Å²) in [5.74, 6) is 0.722. The Bertz CT molecular complexity index is 603. The minimum absolute atomic E-state index is 0.722. The van der Waals surface area contributed by atoms with Crippen LogP contribution in [0.2, 0.25) is 0 Å².